The molecule has 0 aliphatic carbocycles. The van der Waals surface area contributed by atoms with Gasteiger partial charge in [-0.1, -0.05) is 15.9 Å². The fraction of sp³-hybridized carbons (Fsp3) is 0.250. The van der Waals surface area contributed by atoms with E-state index in [4.69, 9.17) is 5.73 Å². The molecule has 0 aromatic heterocycles. The Bertz CT molecular complexity index is 459. The molecular weight excluding hydrogens is 282 g/mol. The number of halogens is 1. The monoisotopic (exact) mass is 293 g/mol. The van der Waals surface area contributed by atoms with Crippen LogP contribution < -0.4 is 10.6 Å². The molecule has 0 atom stereocenters. The van der Waals surface area contributed by atoms with Gasteiger partial charge in [0.2, 0.25) is 0 Å². The van der Waals surface area contributed by atoms with Gasteiger partial charge in [0.1, 0.15) is 4.90 Å². The molecule has 0 saturated carbocycles. The molecule has 84 valence electrons. The van der Waals surface area contributed by atoms with E-state index >= 15 is 0 Å². The van der Waals surface area contributed by atoms with E-state index in [9.17, 15) is 8.42 Å². The summed E-state index contributed by atoms with van der Waals surface area (Å²) < 4.78 is 24.2. The molecule has 0 heterocycles. The largest absolute Gasteiger partial charge is 0.398 e. The highest BCUT2D eigenvalue weighted by Crippen LogP contribution is 2.22. The third-order valence-electron chi connectivity index (χ3n) is 1.56. The number of sulfonamides is 1. The molecular formula is C8H12BrN3O2S. The molecule has 1 rings (SSSR count). The van der Waals surface area contributed by atoms with Gasteiger partial charge in [-0.3, -0.25) is 0 Å². The van der Waals surface area contributed by atoms with E-state index in [1.54, 1.807) is 26.2 Å². The number of hydrogen-bond donors (Lipinski definition) is 2. The summed E-state index contributed by atoms with van der Waals surface area (Å²) in [6.45, 7) is 0. The van der Waals surface area contributed by atoms with Gasteiger partial charge in [-0.05, 0) is 18.2 Å². The van der Waals surface area contributed by atoms with Crippen molar-refractivity contribution in [3.05, 3.63) is 22.7 Å². The molecule has 1 aromatic carbocycles. The summed E-state index contributed by atoms with van der Waals surface area (Å²) in [4.78, 5) is 2.37. The van der Waals surface area contributed by atoms with Crippen molar-refractivity contribution < 1.29 is 8.42 Å². The second-order valence-electron chi connectivity index (χ2n) is 3.17. The predicted octanol–water partition coefficient (Wildman–Crippen LogP) is 0.786. The summed E-state index contributed by atoms with van der Waals surface area (Å²) in [6, 6.07) is 4.62. The van der Waals surface area contributed by atoms with Crippen molar-refractivity contribution in [3.63, 3.8) is 0 Å². The lowest BCUT2D eigenvalue weighted by Gasteiger charge is -2.13. The number of hydrazine groups is 1. The lowest BCUT2D eigenvalue weighted by molar-refractivity contribution is 0.364. The molecule has 0 unspecified atom stereocenters. The molecule has 15 heavy (non-hydrogen) atoms. The minimum Gasteiger partial charge on any atom is -0.398 e. The minimum atomic E-state index is -3.58. The van der Waals surface area contributed by atoms with Crippen LogP contribution in [0.1, 0.15) is 0 Å². The molecule has 0 aliphatic heterocycles. The molecule has 0 bridgehead atoms. The SMILES string of the molecule is CN(C)NS(=O)(=O)c1ccc(Br)cc1N. The third-order valence-corrected chi connectivity index (χ3v) is 3.61. The van der Waals surface area contributed by atoms with Crippen molar-refractivity contribution in [3.8, 4) is 0 Å². The molecule has 0 spiro atoms. The first-order chi connectivity index (χ1) is 6.83. The summed E-state index contributed by atoms with van der Waals surface area (Å²) in [7, 11) is -0.397. The number of rotatable bonds is 3. The van der Waals surface area contributed by atoms with Crippen LogP contribution in [0, 0.1) is 0 Å². The van der Waals surface area contributed by atoms with Gasteiger partial charge < -0.3 is 5.73 Å². The zero-order valence-electron chi connectivity index (χ0n) is 8.36. The van der Waals surface area contributed by atoms with Crippen LogP contribution in [0.2, 0.25) is 0 Å². The Balaban J connectivity index is 3.16. The van der Waals surface area contributed by atoms with Gasteiger partial charge in [-0.25, -0.2) is 13.4 Å². The van der Waals surface area contributed by atoms with E-state index in [1.807, 2.05) is 0 Å². The highest BCUT2D eigenvalue weighted by Gasteiger charge is 2.17. The fourth-order valence-electron chi connectivity index (χ4n) is 1.05. The number of nitrogens with two attached hydrogens (primary N) is 1. The lowest BCUT2D eigenvalue weighted by atomic mass is 10.3. The maximum Gasteiger partial charge on any atom is 0.255 e. The maximum absolute atomic E-state index is 11.7. The van der Waals surface area contributed by atoms with Crippen molar-refractivity contribution in [1.29, 1.82) is 0 Å². The van der Waals surface area contributed by atoms with Gasteiger partial charge >= 0.3 is 0 Å². The summed E-state index contributed by atoms with van der Waals surface area (Å²) in [6.07, 6.45) is 0. The van der Waals surface area contributed by atoms with Gasteiger partial charge in [0, 0.05) is 18.6 Å². The first-order valence-corrected chi connectivity index (χ1v) is 6.35. The average molecular weight is 294 g/mol. The highest BCUT2D eigenvalue weighted by molar-refractivity contribution is 9.10. The molecule has 0 radical (unpaired) electrons. The molecule has 0 fully saturated rings. The highest BCUT2D eigenvalue weighted by atomic mass is 79.9. The van der Waals surface area contributed by atoms with E-state index in [0.717, 1.165) is 4.47 Å². The first kappa shape index (κ1) is 12.4. The summed E-state index contributed by atoms with van der Waals surface area (Å²) >= 11 is 3.21. The summed E-state index contributed by atoms with van der Waals surface area (Å²) in [5.41, 5.74) is 5.82. The van der Waals surface area contributed by atoms with Gasteiger partial charge in [-0.15, -0.1) is 4.83 Å². The fourth-order valence-corrected chi connectivity index (χ4v) is 2.63. The van der Waals surface area contributed by atoms with Crippen molar-refractivity contribution >= 4 is 31.6 Å². The second kappa shape index (κ2) is 4.48. The molecule has 7 heteroatoms. The Morgan fingerprint density at radius 1 is 1.40 bits per heavy atom. The van der Waals surface area contributed by atoms with Gasteiger partial charge in [0.25, 0.3) is 10.0 Å². The van der Waals surface area contributed by atoms with Crippen molar-refractivity contribution in [2.45, 2.75) is 4.90 Å². The van der Waals surface area contributed by atoms with E-state index < -0.39 is 10.0 Å². The molecule has 0 aliphatic rings. The van der Waals surface area contributed by atoms with Crippen LogP contribution in [0.4, 0.5) is 5.69 Å². The van der Waals surface area contributed by atoms with Gasteiger partial charge in [-0.2, -0.15) is 0 Å². The van der Waals surface area contributed by atoms with E-state index in [2.05, 4.69) is 20.8 Å². The number of nitrogens with zero attached hydrogens (tertiary/aromatic N) is 1. The Kier molecular flexibility index (Phi) is 3.72. The molecule has 5 nitrogen and oxygen atoms in total. The van der Waals surface area contributed by atoms with Gasteiger partial charge in [0.05, 0.1) is 5.69 Å². The summed E-state index contributed by atoms with van der Waals surface area (Å²) in [5, 5.41) is 1.34. The van der Waals surface area contributed by atoms with Crippen LogP contribution >= 0.6 is 15.9 Å². The van der Waals surface area contributed by atoms with Crippen LogP contribution in [0.3, 0.4) is 0 Å². The number of anilines is 1. The number of nitrogens with one attached hydrogen (secondary N) is 1. The van der Waals surface area contributed by atoms with Crippen LogP contribution in [-0.2, 0) is 10.0 Å². The number of nitrogen functional groups attached to an aromatic ring is 1. The maximum atomic E-state index is 11.7. The van der Waals surface area contributed by atoms with Crippen LogP contribution in [0.15, 0.2) is 27.6 Å². The second-order valence-corrected chi connectivity index (χ2v) is 5.72. The van der Waals surface area contributed by atoms with Crippen molar-refractivity contribution in [2.24, 2.45) is 0 Å². The van der Waals surface area contributed by atoms with Gasteiger partial charge in [0.15, 0.2) is 0 Å². The first-order valence-electron chi connectivity index (χ1n) is 4.08. The van der Waals surface area contributed by atoms with Crippen LogP contribution in [0.25, 0.3) is 0 Å². The number of benzene rings is 1. The Labute approximate surface area is 97.4 Å². The average Bonchev–Trinajstić information content (AvgIpc) is 1.99. The summed E-state index contributed by atoms with van der Waals surface area (Å²) in [5.74, 6) is 0. The molecule has 0 saturated heterocycles. The molecule has 0 amide bonds. The van der Waals surface area contributed by atoms with Crippen molar-refractivity contribution in [1.82, 2.24) is 9.84 Å². The lowest BCUT2D eigenvalue weighted by Crippen LogP contribution is -2.36. The van der Waals surface area contributed by atoms with E-state index in [0.29, 0.717) is 0 Å². The Hall–Kier alpha value is -0.630. The topological polar surface area (TPSA) is 75.4 Å². The smallest absolute Gasteiger partial charge is 0.255 e. The van der Waals surface area contributed by atoms with Crippen LogP contribution in [-0.4, -0.2) is 27.5 Å². The molecule has 3 N–H and O–H groups in total. The normalized spacial score (nSPS) is 12.0. The minimum absolute atomic E-state index is 0.0689. The third kappa shape index (κ3) is 3.16. The predicted molar refractivity (Wildman–Crippen MR) is 62.6 cm³/mol. The van der Waals surface area contributed by atoms with E-state index in [-0.39, 0.29) is 10.6 Å². The standard InChI is InChI=1S/C8H12BrN3O2S/c1-12(2)11-15(13,14)8-4-3-6(9)5-7(8)10/h3-5,11H,10H2,1-2H3. The number of hydrogen-bond acceptors (Lipinski definition) is 4. The Morgan fingerprint density at radius 2 is 2.00 bits per heavy atom. The van der Waals surface area contributed by atoms with Crippen molar-refractivity contribution in [2.75, 3.05) is 19.8 Å². The quantitative estimate of drug-likeness (QED) is 0.638. The zero-order valence-corrected chi connectivity index (χ0v) is 10.8. The molecule has 1 aromatic rings. The Morgan fingerprint density at radius 3 is 2.47 bits per heavy atom. The van der Waals surface area contributed by atoms with Crippen LogP contribution in [0.5, 0.6) is 0 Å². The van der Waals surface area contributed by atoms with E-state index in [1.165, 1.54) is 11.1 Å². The zero-order chi connectivity index (χ0) is 11.6.